The van der Waals surface area contributed by atoms with E-state index in [0.29, 0.717) is 22.9 Å². The van der Waals surface area contributed by atoms with Crippen LogP contribution in [0.4, 0.5) is 5.69 Å². The molecule has 1 saturated carbocycles. The van der Waals surface area contributed by atoms with Gasteiger partial charge >= 0.3 is 0 Å². The molecule has 146 valence electrons. The average molecular weight is 379 g/mol. The fourth-order valence-corrected chi connectivity index (χ4v) is 2.77. The Morgan fingerprint density at radius 3 is 2.04 bits per heavy atom. The molecule has 3 N–H and O–H groups in total. The lowest BCUT2D eigenvalue weighted by atomic mass is 10.0. The van der Waals surface area contributed by atoms with E-state index in [1.54, 1.807) is 48.5 Å². The predicted octanol–water partition coefficient (Wildman–Crippen LogP) is 2.97. The van der Waals surface area contributed by atoms with Crippen molar-refractivity contribution in [1.29, 1.82) is 0 Å². The lowest BCUT2D eigenvalue weighted by molar-refractivity contribution is -0.118. The van der Waals surface area contributed by atoms with E-state index in [2.05, 4.69) is 16.0 Å². The molecule has 0 radical (unpaired) electrons. The number of nitrogens with one attached hydrogen (secondary N) is 3. The van der Waals surface area contributed by atoms with Gasteiger partial charge in [0.2, 0.25) is 5.91 Å². The van der Waals surface area contributed by atoms with Gasteiger partial charge in [0.1, 0.15) is 6.04 Å². The Morgan fingerprint density at radius 1 is 0.857 bits per heavy atom. The van der Waals surface area contributed by atoms with Crippen molar-refractivity contribution in [2.45, 2.75) is 38.8 Å². The SMILES string of the molecule is CC(C)[C@H](NC(=O)c1ccccc1)C(=O)Nc1ccc(C(=O)NC2CC2)cc1. The molecule has 1 atom stereocenters. The van der Waals surface area contributed by atoms with Crippen LogP contribution in [0.3, 0.4) is 0 Å². The molecule has 2 aromatic rings. The Bertz CT molecular complexity index is 843. The van der Waals surface area contributed by atoms with Crippen LogP contribution in [-0.2, 0) is 4.79 Å². The van der Waals surface area contributed by atoms with Gasteiger partial charge in [0, 0.05) is 22.9 Å². The molecule has 0 unspecified atom stereocenters. The Morgan fingerprint density at radius 2 is 1.46 bits per heavy atom. The second kappa shape index (κ2) is 8.69. The van der Waals surface area contributed by atoms with Crippen LogP contribution in [-0.4, -0.2) is 29.8 Å². The number of carbonyl (C=O) groups excluding carboxylic acids is 3. The van der Waals surface area contributed by atoms with E-state index in [0.717, 1.165) is 12.8 Å². The van der Waals surface area contributed by atoms with Crippen molar-refractivity contribution in [3.05, 3.63) is 65.7 Å². The molecule has 1 fully saturated rings. The molecule has 0 bridgehead atoms. The van der Waals surface area contributed by atoms with Crippen LogP contribution < -0.4 is 16.0 Å². The molecule has 0 aromatic heterocycles. The standard InChI is InChI=1S/C22H25N3O3/c1-14(2)19(25-21(27)15-6-4-3-5-7-15)22(28)24-17-10-8-16(9-11-17)20(26)23-18-12-13-18/h3-11,14,18-19H,12-13H2,1-2H3,(H,23,26)(H,24,28)(H,25,27)/t19-/m0/s1. The third-order valence-electron chi connectivity index (χ3n) is 4.60. The molecular formula is C22H25N3O3. The molecule has 6 heteroatoms. The highest BCUT2D eigenvalue weighted by Gasteiger charge is 2.25. The summed E-state index contributed by atoms with van der Waals surface area (Å²) in [5, 5.41) is 8.54. The molecule has 28 heavy (non-hydrogen) atoms. The lowest BCUT2D eigenvalue weighted by Gasteiger charge is -2.22. The number of carbonyl (C=O) groups is 3. The van der Waals surface area contributed by atoms with Gasteiger partial charge in [0.05, 0.1) is 0 Å². The zero-order valence-electron chi connectivity index (χ0n) is 16.1. The van der Waals surface area contributed by atoms with Gasteiger partial charge in [-0.3, -0.25) is 14.4 Å². The van der Waals surface area contributed by atoms with Crippen molar-refractivity contribution < 1.29 is 14.4 Å². The molecule has 6 nitrogen and oxygen atoms in total. The summed E-state index contributed by atoms with van der Waals surface area (Å²) in [5.74, 6) is -0.775. The first-order valence-corrected chi connectivity index (χ1v) is 9.51. The Labute approximate surface area is 164 Å². The van der Waals surface area contributed by atoms with E-state index >= 15 is 0 Å². The zero-order valence-corrected chi connectivity index (χ0v) is 16.1. The normalized spacial score (nSPS) is 14.2. The van der Waals surface area contributed by atoms with E-state index in [1.165, 1.54) is 0 Å². The fraction of sp³-hybridized carbons (Fsp3) is 0.318. The molecule has 0 heterocycles. The minimum Gasteiger partial charge on any atom is -0.349 e. The molecule has 0 saturated heterocycles. The summed E-state index contributed by atoms with van der Waals surface area (Å²) in [6.07, 6.45) is 2.07. The van der Waals surface area contributed by atoms with Gasteiger partial charge in [-0.1, -0.05) is 32.0 Å². The van der Waals surface area contributed by atoms with Crippen LogP contribution in [0.1, 0.15) is 47.4 Å². The first-order valence-electron chi connectivity index (χ1n) is 9.51. The quantitative estimate of drug-likeness (QED) is 0.691. The van der Waals surface area contributed by atoms with E-state index in [1.807, 2.05) is 19.9 Å². The van der Waals surface area contributed by atoms with Crippen LogP contribution in [0, 0.1) is 5.92 Å². The van der Waals surface area contributed by atoms with E-state index < -0.39 is 6.04 Å². The summed E-state index contributed by atoms with van der Waals surface area (Å²) in [5.41, 5.74) is 1.64. The second-order valence-corrected chi connectivity index (χ2v) is 7.38. The smallest absolute Gasteiger partial charge is 0.251 e. The number of anilines is 1. The molecule has 3 amide bonds. The summed E-state index contributed by atoms with van der Waals surface area (Å²) in [6, 6.07) is 15.2. The Balaban J connectivity index is 1.61. The number of hydrogen-bond donors (Lipinski definition) is 3. The lowest BCUT2D eigenvalue weighted by Crippen LogP contribution is -2.47. The summed E-state index contributed by atoms with van der Waals surface area (Å²) in [7, 11) is 0. The van der Waals surface area contributed by atoms with Gasteiger partial charge in [0.15, 0.2) is 0 Å². The fourth-order valence-electron chi connectivity index (χ4n) is 2.77. The molecular weight excluding hydrogens is 354 g/mol. The summed E-state index contributed by atoms with van der Waals surface area (Å²) < 4.78 is 0. The number of benzene rings is 2. The third-order valence-corrected chi connectivity index (χ3v) is 4.60. The summed E-state index contributed by atoms with van der Waals surface area (Å²) >= 11 is 0. The van der Waals surface area contributed by atoms with Crippen LogP contribution in [0.2, 0.25) is 0 Å². The largest absolute Gasteiger partial charge is 0.349 e. The minimum atomic E-state index is -0.675. The summed E-state index contributed by atoms with van der Waals surface area (Å²) in [6.45, 7) is 3.75. The monoisotopic (exact) mass is 379 g/mol. The molecule has 0 aliphatic heterocycles. The molecule has 1 aliphatic rings. The maximum absolute atomic E-state index is 12.7. The van der Waals surface area contributed by atoms with E-state index in [9.17, 15) is 14.4 Å². The predicted molar refractivity (Wildman–Crippen MR) is 108 cm³/mol. The maximum Gasteiger partial charge on any atom is 0.251 e. The van der Waals surface area contributed by atoms with Gasteiger partial charge in [-0.2, -0.15) is 0 Å². The van der Waals surface area contributed by atoms with Gasteiger partial charge in [-0.15, -0.1) is 0 Å². The van der Waals surface area contributed by atoms with Gasteiger partial charge in [-0.25, -0.2) is 0 Å². The van der Waals surface area contributed by atoms with Crippen molar-refractivity contribution in [3.63, 3.8) is 0 Å². The highest BCUT2D eigenvalue weighted by atomic mass is 16.2. The third kappa shape index (κ3) is 5.19. The topological polar surface area (TPSA) is 87.3 Å². The second-order valence-electron chi connectivity index (χ2n) is 7.38. The first-order chi connectivity index (χ1) is 13.4. The van der Waals surface area contributed by atoms with E-state index in [-0.39, 0.29) is 23.6 Å². The number of amides is 3. The van der Waals surface area contributed by atoms with Crippen LogP contribution in [0.15, 0.2) is 54.6 Å². The van der Waals surface area contributed by atoms with Crippen LogP contribution >= 0.6 is 0 Å². The van der Waals surface area contributed by atoms with Gasteiger partial charge in [0.25, 0.3) is 11.8 Å². The highest BCUT2D eigenvalue weighted by Crippen LogP contribution is 2.20. The van der Waals surface area contributed by atoms with Crippen molar-refractivity contribution in [1.82, 2.24) is 10.6 Å². The van der Waals surface area contributed by atoms with Gasteiger partial charge in [-0.05, 0) is 55.2 Å². The number of hydrogen-bond acceptors (Lipinski definition) is 3. The molecule has 1 aliphatic carbocycles. The van der Waals surface area contributed by atoms with Crippen molar-refractivity contribution in [2.24, 2.45) is 5.92 Å². The first kappa shape index (κ1) is 19.6. The van der Waals surface area contributed by atoms with Crippen molar-refractivity contribution in [3.8, 4) is 0 Å². The molecule has 3 rings (SSSR count). The Kier molecular flexibility index (Phi) is 6.09. The number of rotatable bonds is 7. The van der Waals surface area contributed by atoms with Crippen molar-refractivity contribution in [2.75, 3.05) is 5.32 Å². The average Bonchev–Trinajstić information content (AvgIpc) is 3.50. The van der Waals surface area contributed by atoms with Crippen LogP contribution in [0.5, 0.6) is 0 Å². The molecule has 0 spiro atoms. The highest BCUT2D eigenvalue weighted by molar-refractivity contribution is 6.01. The molecule has 2 aromatic carbocycles. The van der Waals surface area contributed by atoms with Crippen LogP contribution in [0.25, 0.3) is 0 Å². The van der Waals surface area contributed by atoms with E-state index in [4.69, 9.17) is 0 Å². The Hall–Kier alpha value is -3.15. The van der Waals surface area contributed by atoms with Crippen molar-refractivity contribution >= 4 is 23.4 Å². The maximum atomic E-state index is 12.7. The summed E-state index contributed by atoms with van der Waals surface area (Å²) in [4.78, 5) is 37.1. The zero-order chi connectivity index (χ0) is 20.1. The van der Waals surface area contributed by atoms with Gasteiger partial charge < -0.3 is 16.0 Å². The minimum absolute atomic E-state index is 0.0868.